The SMILES string of the molecule is CCN(CC)CCCNc1nnc(-c2ccc(NC(=O)c3cccc(F)c3)cc2OC)o1.Cl. The van der Waals surface area contributed by atoms with E-state index >= 15 is 0 Å². The van der Waals surface area contributed by atoms with Crippen LogP contribution < -0.4 is 15.4 Å². The number of methoxy groups -OCH3 is 1. The number of nitrogens with one attached hydrogen (secondary N) is 2. The lowest BCUT2D eigenvalue weighted by Gasteiger charge is -2.17. The number of hydrogen-bond acceptors (Lipinski definition) is 7. The Balaban J connectivity index is 0.00000385. The van der Waals surface area contributed by atoms with Crippen LogP contribution in [0.1, 0.15) is 30.6 Å². The van der Waals surface area contributed by atoms with Crippen molar-refractivity contribution in [2.45, 2.75) is 20.3 Å². The Morgan fingerprint density at radius 3 is 2.64 bits per heavy atom. The molecule has 0 aliphatic heterocycles. The number of ether oxygens (including phenoxy) is 1. The van der Waals surface area contributed by atoms with Gasteiger partial charge in [0.05, 0.1) is 12.7 Å². The summed E-state index contributed by atoms with van der Waals surface area (Å²) >= 11 is 0. The summed E-state index contributed by atoms with van der Waals surface area (Å²) in [7, 11) is 1.51. The Bertz CT molecular complexity index is 1040. The molecule has 0 aliphatic carbocycles. The van der Waals surface area contributed by atoms with Crippen LogP contribution in [-0.4, -0.2) is 54.3 Å². The first-order valence-corrected chi connectivity index (χ1v) is 10.6. The molecule has 1 heterocycles. The van der Waals surface area contributed by atoms with E-state index in [4.69, 9.17) is 9.15 Å². The van der Waals surface area contributed by atoms with Gasteiger partial charge in [0.1, 0.15) is 11.6 Å². The highest BCUT2D eigenvalue weighted by molar-refractivity contribution is 6.04. The predicted octanol–water partition coefficient (Wildman–Crippen LogP) is 4.70. The zero-order chi connectivity index (χ0) is 22.9. The number of halogens is 2. The Labute approximate surface area is 198 Å². The summed E-state index contributed by atoms with van der Waals surface area (Å²) in [5.41, 5.74) is 1.32. The maximum Gasteiger partial charge on any atom is 0.315 e. The van der Waals surface area contributed by atoms with Crippen LogP contribution in [-0.2, 0) is 0 Å². The predicted molar refractivity (Wildman–Crippen MR) is 129 cm³/mol. The number of rotatable bonds is 11. The molecule has 1 amide bonds. The Hall–Kier alpha value is -3.17. The molecule has 0 atom stereocenters. The smallest absolute Gasteiger partial charge is 0.315 e. The van der Waals surface area contributed by atoms with E-state index in [-0.39, 0.29) is 18.0 Å². The van der Waals surface area contributed by atoms with Crippen LogP contribution in [0.5, 0.6) is 5.75 Å². The summed E-state index contributed by atoms with van der Waals surface area (Å²) in [4.78, 5) is 14.7. The summed E-state index contributed by atoms with van der Waals surface area (Å²) < 4.78 is 24.5. The fraction of sp³-hybridized carbons (Fsp3) is 0.348. The summed E-state index contributed by atoms with van der Waals surface area (Å²) in [6.07, 6.45) is 0.961. The van der Waals surface area contributed by atoms with Gasteiger partial charge >= 0.3 is 6.01 Å². The van der Waals surface area contributed by atoms with Crippen molar-refractivity contribution < 1.29 is 18.3 Å². The highest BCUT2D eigenvalue weighted by Gasteiger charge is 2.15. The summed E-state index contributed by atoms with van der Waals surface area (Å²) in [5, 5.41) is 14.0. The van der Waals surface area contributed by atoms with Gasteiger partial charge in [0.25, 0.3) is 11.8 Å². The fourth-order valence-electron chi connectivity index (χ4n) is 3.22. The van der Waals surface area contributed by atoms with Crippen LogP contribution in [0.15, 0.2) is 46.9 Å². The quantitative estimate of drug-likeness (QED) is 0.386. The molecule has 3 aromatic rings. The van der Waals surface area contributed by atoms with Crippen molar-refractivity contribution >= 4 is 30.0 Å². The zero-order valence-electron chi connectivity index (χ0n) is 18.9. The summed E-state index contributed by atoms with van der Waals surface area (Å²) in [5.74, 6) is -0.136. The van der Waals surface area contributed by atoms with E-state index in [0.717, 1.165) is 32.6 Å². The van der Waals surface area contributed by atoms with E-state index in [9.17, 15) is 9.18 Å². The molecule has 8 nitrogen and oxygen atoms in total. The van der Waals surface area contributed by atoms with E-state index < -0.39 is 11.7 Å². The summed E-state index contributed by atoms with van der Waals surface area (Å²) in [6, 6.07) is 10.9. The van der Waals surface area contributed by atoms with Gasteiger partial charge in [0.2, 0.25) is 0 Å². The van der Waals surface area contributed by atoms with Gasteiger partial charge in [-0.2, -0.15) is 0 Å². The normalized spacial score (nSPS) is 10.6. The second-order valence-corrected chi connectivity index (χ2v) is 7.10. The van der Waals surface area contributed by atoms with Crippen molar-refractivity contribution in [1.82, 2.24) is 15.1 Å². The molecule has 0 aliphatic rings. The van der Waals surface area contributed by atoms with Crippen molar-refractivity contribution in [3.63, 3.8) is 0 Å². The molecule has 0 bridgehead atoms. The van der Waals surface area contributed by atoms with E-state index in [1.54, 1.807) is 24.3 Å². The number of anilines is 2. The number of benzene rings is 2. The molecular weight excluding hydrogens is 449 g/mol. The van der Waals surface area contributed by atoms with Crippen molar-refractivity contribution in [3.8, 4) is 17.2 Å². The summed E-state index contributed by atoms with van der Waals surface area (Å²) in [6.45, 7) is 8.07. The number of carbonyl (C=O) groups is 1. The highest BCUT2D eigenvalue weighted by atomic mass is 35.5. The third-order valence-corrected chi connectivity index (χ3v) is 5.02. The van der Waals surface area contributed by atoms with E-state index in [2.05, 4.69) is 39.6 Å². The molecule has 0 unspecified atom stereocenters. The third kappa shape index (κ3) is 7.16. The molecular formula is C23H29ClFN5O3. The van der Waals surface area contributed by atoms with Crippen molar-refractivity contribution in [1.29, 1.82) is 0 Å². The minimum Gasteiger partial charge on any atom is -0.496 e. The molecule has 0 saturated carbocycles. The van der Waals surface area contributed by atoms with Crippen LogP contribution in [0.3, 0.4) is 0 Å². The van der Waals surface area contributed by atoms with Crippen LogP contribution in [0.4, 0.5) is 16.1 Å². The number of carbonyl (C=O) groups excluding carboxylic acids is 1. The molecule has 0 radical (unpaired) electrons. The van der Waals surface area contributed by atoms with Gasteiger partial charge in [-0.1, -0.05) is 25.0 Å². The Kier molecular flexibility index (Phi) is 10.1. The van der Waals surface area contributed by atoms with Crippen molar-refractivity contribution in [2.24, 2.45) is 0 Å². The maximum atomic E-state index is 13.4. The molecule has 10 heteroatoms. The van der Waals surface area contributed by atoms with E-state index in [0.29, 0.717) is 28.9 Å². The first kappa shape index (κ1) is 26.1. The first-order chi connectivity index (χ1) is 15.5. The van der Waals surface area contributed by atoms with Gasteiger partial charge in [0.15, 0.2) is 0 Å². The molecule has 2 aromatic carbocycles. The first-order valence-electron chi connectivity index (χ1n) is 10.6. The average molecular weight is 478 g/mol. The van der Waals surface area contributed by atoms with Crippen LogP contribution in [0.25, 0.3) is 11.5 Å². The van der Waals surface area contributed by atoms with Crippen LogP contribution in [0.2, 0.25) is 0 Å². The minimum absolute atomic E-state index is 0. The van der Waals surface area contributed by atoms with Gasteiger partial charge in [-0.3, -0.25) is 4.79 Å². The molecule has 33 heavy (non-hydrogen) atoms. The average Bonchev–Trinajstić information content (AvgIpc) is 3.27. The third-order valence-electron chi connectivity index (χ3n) is 5.02. The molecule has 0 spiro atoms. The zero-order valence-corrected chi connectivity index (χ0v) is 19.7. The standard InChI is InChI=1S/C23H28FN5O3.ClH/c1-4-29(5-2)13-7-12-25-23-28-27-22(32-23)19-11-10-18(15-20(19)31-3)26-21(30)16-8-6-9-17(24)14-16;/h6,8-11,14-15H,4-5,7,12-13H2,1-3H3,(H,25,28)(H,26,30);1H. The van der Waals surface area contributed by atoms with E-state index in [1.165, 1.54) is 25.3 Å². The number of aromatic nitrogens is 2. The van der Waals surface area contributed by atoms with Crippen LogP contribution >= 0.6 is 12.4 Å². The van der Waals surface area contributed by atoms with Gasteiger partial charge in [-0.15, -0.1) is 17.5 Å². The minimum atomic E-state index is -0.473. The molecule has 2 N–H and O–H groups in total. The number of nitrogens with zero attached hydrogens (tertiary/aromatic N) is 3. The number of hydrogen-bond donors (Lipinski definition) is 2. The monoisotopic (exact) mass is 477 g/mol. The van der Waals surface area contributed by atoms with Crippen molar-refractivity contribution in [3.05, 3.63) is 53.8 Å². The largest absolute Gasteiger partial charge is 0.496 e. The van der Waals surface area contributed by atoms with Crippen molar-refractivity contribution in [2.75, 3.05) is 43.9 Å². The molecule has 0 fully saturated rings. The number of amides is 1. The fourth-order valence-corrected chi connectivity index (χ4v) is 3.22. The topological polar surface area (TPSA) is 92.5 Å². The second-order valence-electron chi connectivity index (χ2n) is 7.10. The van der Waals surface area contributed by atoms with Gasteiger partial charge in [0, 0.05) is 23.9 Å². The highest BCUT2D eigenvalue weighted by Crippen LogP contribution is 2.32. The maximum absolute atomic E-state index is 13.4. The lowest BCUT2D eigenvalue weighted by Crippen LogP contribution is -2.25. The van der Waals surface area contributed by atoms with Gasteiger partial charge < -0.3 is 24.7 Å². The van der Waals surface area contributed by atoms with E-state index in [1.807, 2.05) is 0 Å². The van der Waals surface area contributed by atoms with Gasteiger partial charge in [-0.25, -0.2) is 4.39 Å². The Morgan fingerprint density at radius 1 is 1.15 bits per heavy atom. The lowest BCUT2D eigenvalue weighted by atomic mass is 10.1. The molecule has 0 saturated heterocycles. The second kappa shape index (κ2) is 12.8. The molecule has 178 valence electrons. The Morgan fingerprint density at radius 2 is 1.94 bits per heavy atom. The van der Waals surface area contributed by atoms with Crippen LogP contribution in [0, 0.1) is 5.82 Å². The van der Waals surface area contributed by atoms with Gasteiger partial charge in [-0.05, 0) is 56.4 Å². The molecule has 1 aromatic heterocycles. The lowest BCUT2D eigenvalue weighted by molar-refractivity contribution is 0.102. The molecule has 3 rings (SSSR count).